The SMILES string of the molecule is COC(=O)c1[nH]cc(-c2ccn(C(C)C)n2)c1C. The number of H-pyrrole nitrogens is 1. The van der Waals surface area contributed by atoms with Gasteiger partial charge in [0, 0.05) is 24.0 Å². The van der Waals surface area contributed by atoms with Crippen molar-refractivity contribution in [2.24, 2.45) is 0 Å². The van der Waals surface area contributed by atoms with Crippen molar-refractivity contribution >= 4 is 5.97 Å². The van der Waals surface area contributed by atoms with Gasteiger partial charge in [-0.25, -0.2) is 4.79 Å². The maximum atomic E-state index is 11.5. The predicted molar refractivity (Wildman–Crippen MR) is 68.5 cm³/mol. The zero-order valence-electron chi connectivity index (χ0n) is 11.0. The molecule has 0 atom stereocenters. The summed E-state index contributed by atoms with van der Waals surface area (Å²) in [6, 6.07) is 2.26. The average Bonchev–Trinajstić information content (AvgIpc) is 2.94. The highest BCUT2D eigenvalue weighted by molar-refractivity contribution is 5.91. The number of carbonyl (C=O) groups is 1. The summed E-state index contributed by atoms with van der Waals surface area (Å²) < 4.78 is 6.60. The van der Waals surface area contributed by atoms with Gasteiger partial charge in [-0.15, -0.1) is 0 Å². The fourth-order valence-corrected chi connectivity index (χ4v) is 1.84. The van der Waals surface area contributed by atoms with Gasteiger partial charge in [0.15, 0.2) is 0 Å². The van der Waals surface area contributed by atoms with Gasteiger partial charge in [0.05, 0.1) is 12.8 Å². The van der Waals surface area contributed by atoms with Crippen molar-refractivity contribution in [2.75, 3.05) is 7.11 Å². The van der Waals surface area contributed by atoms with Crippen LogP contribution >= 0.6 is 0 Å². The molecular formula is C13H17N3O2. The van der Waals surface area contributed by atoms with Crippen molar-refractivity contribution in [1.29, 1.82) is 0 Å². The zero-order chi connectivity index (χ0) is 13.3. The summed E-state index contributed by atoms with van der Waals surface area (Å²) in [4.78, 5) is 14.5. The van der Waals surface area contributed by atoms with Gasteiger partial charge in [0.1, 0.15) is 5.69 Å². The van der Waals surface area contributed by atoms with Gasteiger partial charge in [0.25, 0.3) is 0 Å². The molecule has 96 valence electrons. The number of carbonyl (C=O) groups excluding carboxylic acids is 1. The number of esters is 1. The Bertz CT molecular complexity index is 567. The lowest BCUT2D eigenvalue weighted by atomic mass is 10.1. The number of aromatic amines is 1. The van der Waals surface area contributed by atoms with Crippen LogP contribution in [0.1, 0.15) is 35.9 Å². The van der Waals surface area contributed by atoms with Crippen LogP contribution in [-0.2, 0) is 4.74 Å². The number of ether oxygens (including phenoxy) is 1. The minimum atomic E-state index is -0.359. The van der Waals surface area contributed by atoms with Gasteiger partial charge in [0.2, 0.25) is 0 Å². The number of hydrogen-bond donors (Lipinski definition) is 1. The van der Waals surface area contributed by atoms with Crippen LogP contribution in [0.25, 0.3) is 11.3 Å². The Morgan fingerprint density at radius 1 is 1.50 bits per heavy atom. The molecule has 2 aromatic rings. The largest absolute Gasteiger partial charge is 0.464 e. The van der Waals surface area contributed by atoms with E-state index in [4.69, 9.17) is 4.74 Å². The first-order chi connectivity index (χ1) is 8.54. The molecule has 0 spiro atoms. The highest BCUT2D eigenvalue weighted by Gasteiger charge is 2.17. The van der Waals surface area contributed by atoms with Crippen LogP contribution < -0.4 is 0 Å². The quantitative estimate of drug-likeness (QED) is 0.848. The van der Waals surface area contributed by atoms with E-state index in [-0.39, 0.29) is 5.97 Å². The molecule has 2 rings (SSSR count). The molecule has 0 amide bonds. The van der Waals surface area contributed by atoms with E-state index in [0.29, 0.717) is 11.7 Å². The third-order valence-electron chi connectivity index (χ3n) is 2.94. The molecule has 0 aliphatic carbocycles. The first kappa shape index (κ1) is 12.4. The minimum Gasteiger partial charge on any atom is -0.464 e. The molecule has 0 unspecified atom stereocenters. The van der Waals surface area contributed by atoms with Crippen molar-refractivity contribution in [2.45, 2.75) is 26.8 Å². The van der Waals surface area contributed by atoms with Crippen LogP contribution in [0, 0.1) is 6.92 Å². The molecular weight excluding hydrogens is 230 g/mol. The molecule has 0 saturated carbocycles. The van der Waals surface area contributed by atoms with E-state index in [1.165, 1.54) is 7.11 Å². The summed E-state index contributed by atoms with van der Waals surface area (Å²) in [6.45, 7) is 6.02. The van der Waals surface area contributed by atoms with Crippen molar-refractivity contribution in [3.05, 3.63) is 29.7 Å². The number of rotatable bonds is 3. The Labute approximate surface area is 106 Å². The van der Waals surface area contributed by atoms with E-state index >= 15 is 0 Å². The lowest BCUT2D eigenvalue weighted by Crippen LogP contribution is -2.03. The molecule has 5 heteroatoms. The summed E-state index contributed by atoms with van der Waals surface area (Å²) in [5, 5.41) is 4.48. The third-order valence-corrected chi connectivity index (χ3v) is 2.94. The van der Waals surface area contributed by atoms with Gasteiger partial charge >= 0.3 is 5.97 Å². The number of hydrogen-bond acceptors (Lipinski definition) is 3. The summed E-state index contributed by atoms with van der Waals surface area (Å²) in [6.07, 6.45) is 3.72. The van der Waals surface area contributed by atoms with E-state index in [2.05, 4.69) is 23.9 Å². The molecule has 0 aromatic carbocycles. The van der Waals surface area contributed by atoms with Crippen LogP contribution in [0.2, 0.25) is 0 Å². The average molecular weight is 247 g/mol. The maximum Gasteiger partial charge on any atom is 0.354 e. The summed E-state index contributed by atoms with van der Waals surface area (Å²) >= 11 is 0. The lowest BCUT2D eigenvalue weighted by molar-refractivity contribution is 0.0594. The van der Waals surface area contributed by atoms with E-state index in [1.807, 2.05) is 23.9 Å². The molecule has 1 N–H and O–H groups in total. The monoisotopic (exact) mass is 247 g/mol. The van der Waals surface area contributed by atoms with E-state index < -0.39 is 0 Å². The summed E-state index contributed by atoms with van der Waals surface area (Å²) in [7, 11) is 1.37. The number of methoxy groups -OCH3 is 1. The first-order valence-electron chi connectivity index (χ1n) is 5.86. The second-order valence-corrected chi connectivity index (χ2v) is 4.47. The minimum absolute atomic E-state index is 0.318. The number of nitrogens with zero attached hydrogens (tertiary/aromatic N) is 2. The van der Waals surface area contributed by atoms with Gasteiger partial charge < -0.3 is 9.72 Å². The standard InChI is InChI=1S/C13H17N3O2/c1-8(2)16-6-5-11(15-16)10-7-14-12(9(10)3)13(17)18-4/h5-8,14H,1-4H3. The fraction of sp³-hybridized carbons (Fsp3) is 0.385. The Balaban J connectivity index is 2.39. The van der Waals surface area contributed by atoms with Crippen molar-refractivity contribution < 1.29 is 9.53 Å². The highest BCUT2D eigenvalue weighted by Crippen LogP contribution is 2.25. The molecule has 2 heterocycles. The first-order valence-corrected chi connectivity index (χ1v) is 5.86. The third kappa shape index (κ3) is 2.03. The fourth-order valence-electron chi connectivity index (χ4n) is 1.84. The van der Waals surface area contributed by atoms with Crippen molar-refractivity contribution in [1.82, 2.24) is 14.8 Å². The Morgan fingerprint density at radius 3 is 2.78 bits per heavy atom. The summed E-state index contributed by atoms with van der Waals surface area (Å²) in [5.41, 5.74) is 3.12. The second kappa shape index (κ2) is 4.68. The zero-order valence-corrected chi connectivity index (χ0v) is 11.0. The van der Waals surface area contributed by atoms with Crippen molar-refractivity contribution in [3.63, 3.8) is 0 Å². The molecule has 0 radical (unpaired) electrons. The van der Waals surface area contributed by atoms with Crippen LogP contribution in [0.3, 0.4) is 0 Å². The van der Waals surface area contributed by atoms with Crippen molar-refractivity contribution in [3.8, 4) is 11.3 Å². The molecule has 0 aliphatic rings. The van der Waals surface area contributed by atoms with Crippen LogP contribution in [0.15, 0.2) is 18.5 Å². The topological polar surface area (TPSA) is 59.9 Å². The second-order valence-electron chi connectivity index (χ2n) is 4.47. The molecule has 0 aliphatic heterocycles. The maximum absolute atomic E-state index is 11.5. The normalized spacial score (nSPS) is 10.9. The molecule has 2 aromatic heterocycles. The molecule has 18 heavy (non-hydrogen) atoms. The van der Waals surface area contributed by atoms with E-state index in [9.17, 15) is 4.79 Å². The molecule has 0 fully saturated rings. The Kier molecular flexibility index (Phi) is 3.23. The molecule has 5 nitrogen and oxygen atoms in total. The van der Waals surface area contributed by atoms with E-state index in [1.54, 1.807) is 6.20 Å². The van der Waals surface area contributed by atoms with Crippen LogP contribution in [0.5, 0.6) is 0 Å². The van der Waals surface area contributed by atoms with E-state index in [0.717, 1.165) is 16.8 Å². The highest BCUT2D eigenvalue weighted by atomic mass is 16.5. The van der Waals surface area contributed by atoms with Gasteiger partial charge in [-0.3, -0.25) is 4.68 Å². The number of aromatic nitrogens is 3. The van der Waals surface area contributed by atoms with Gasteiger partial charge in [-0.1, -0.05) is 0 Å². The molecule has 0 saturated heterocycles. The Hall–Kier alpha value is -2.04. The predicted octanol–water partition coefficient (Wildman–Crippen LogP) is 2.55. The number of nitrogens with one attached hydrogen (secondary N) is 1. The molecule has 0 bridgehead atoms. The van der Waals surface area contributed by atoms with Gasteiger partial charge in [-0.05, 0) is 32.4 Å². The Morgan fingerprint density at radius 2 is 2.22 bits per heavy atom. The van der Waals surface area contributed by atoms with Crippen LogP contribution in [-0.4, -0.2) is 27.8 Å². The van der Waals surface area contributed by atoms with Crippen LogP contribution in [0.4, 0.5) is 0 Å². The van der Waals surface area contributed by atoms with Gasteiger partial charge in [-0.2, -0.15) is 5.10 Å². The lowest BCUT2D eigenvalue weighted by Gasteiger charge is -2.03. The smallest absolute Gasteiger partial charge is 0.354 e. The summed E-state index contributed by atoms with van der Waals surface area (Å²) in [5.74, 6) is -0.359.